The maximum atomic E-state index is 8.91. The minimum absolute atomic E-state index is 0.0996. The highest BCUT2D eigenvalue weighted by molar-refractivity contribution is 5.98. The Labute approximate surface area is 165 Å². The van der Waals surface area contributed by atoms with Crippen LogP contribution in [0.5, 0.6) is 0 Å². The Morgan fingerprint density at radius 3 is 2.31 bits per heavy atom. The average molecular weight is 387 g/mol. The molecule has 0 aliphatic carbocycles. The summed E-state index contributed by atoms with van der Waals surface area (Å²) in [6.45, 7) is 0. The van der Waals surface area contributed by atoms with Crippen molar-refractivity contribution in [1.29, 1.82) is 10.8 Å². The summed E-state index contributed by atoms with van der Waals surface area (Å²) in [6, 6.07) is 16.4. The van der Waals surface area contributed by atoms with Gasteiger partial charge in [0.2, 0.25) is 0 Å². The van der Waals surface area contributed by atoms with Gasteiger partial charge in [0.1, 0.15) is 11.7 Å². The molecule has 0 aliphatic rings. The third-order valence-electron chi connectivity index (χ3n) is 4.48. The lowest BCUT2D eigenvalue weighted by Gasteiger charge is -2.05. The van der Waals surface area contributed by atoms with Crippen LogP contribution in [-0.2, 0) is 0 Å². The van der Waals surface area contributed by atoms with E-state index >= 15 is 0 Å². The molecule has 0 bridgehead atoms. The summed E-state index contributed by atoms with van der Waals surface area (Å²) >= 11 is 0. The number of pyridine rings is 1. The summed E-state index contributed by atoms with van der Waals surface area (Å²) in [5.74, 6) is 0.451. The summed E-state index contributed by atoms with van der Waals surface area (Å²) in [4.78, 5) is 12.2. The predicted molar refractivity (Wildman–Crippen MR) is 108 cm³/mol. The standard InChI is InChI=1S/C20H17N7O2/c21-18(26-28)12-4-7-16-17(9-12)25-20(24-16)13-3-1-2-11(8-13)15-6-5-14(10-23-15)19(22)27-29/h1-10,28-29H,(H2,21,26)(H2,22,27)(H,24,25). The van der Waals surface area contributed by atoms with Crippen molar-refractivity contribution >= 4 is 22.7 Å². The van der Waals surface area contributed by atoms with Gasteiger partial charge in [-0.1, -0.05) is 18.2 Å². The molecule has 4 aromatic rings. The molecule has 0 amide bonds. The van der Waals surface area contributed by atoms with Crippen molar-refractivity contribution in [3.05, 3.63) is 71.9 Å². The number of nitrogens with zero attached hydrogens (tertiary/aromatic N) is 2. The summed E-state index contributed by atoms with van der Waals surface area (Å²) in [6.07, 6.45) is 1.51. The van der Waals surface area contributed by atoms with Crippen LogP contribution in [-0.4, -0.2) is 37.0 Å². The van der Waals surface area contributed by atoms with Crippen LogP contribution in [0.25, 0.3) is 33.7 Å². The smallest absolute Gasteiger partial charge is 0.150 e. The lowest BCUT2D eigenvalue weighted by Crippen LogP contribution is -2.18. The number of rotatable bonds is 4. The zero-order valence-corrected chi connectivity index (χ0v) is 15.1. The van der Waals surface area contributed by atoms with Crippen LogP contribution < -0.4 is 11.0 Å². The minimum Gasteiger partial charge on any atom is -0.338 e. The fourth-order valence-electron chi connectivity index (χ4n) is 2.97. The van der Waals surface area contributed by atoms with Gasteiger partial charge in [-0.05, 0) is 36.4 Å². The second-order valence-electron chi connectivity index (χ2n) is 6.30. The Balaban J connectivity index is 1.68. The van der Waals surface area contributed by atoms with Crippen molar-refractivity contribution in [3.8, 4) is 22.6 Å². The second kappa shape index (κ2) is 7.50. The van der Waals surface area contributed by atoms with Crippen LogP contribution in [0.1, 0.15) is 11.1 Å². The molecule has 0 atom stereocenters. The maximum Gasteiger partial charge on any atom is 0.150 e. The highest BCUT2D eigenvalue weighted by atomic mass is 16.5. The summed E-state index contributed by atoms with van der Waals surface area (Å²) in [5.41, 5.74) is 8.60. The average Bonchev–Trinajstić information content (AvgIpc) is 3.21. The molecule has 144 valence electrons. The fourth-order valence-corrected chi connectivity index (χ4v) is 2.97. The van der Waals surface area contributed by atoms with Gasteiger partial charge in [0.05, 0.1) is 16.7 Å². The van der Waals surface area contributed by atoms with Gasteiger partial charge in [-0.2, -0.15) is 0 Å². The van der Waals surface area contributed by atoms with E-state index in [1.165, 1.54) is 6.20 Å². The lowest BCUT2D eigenvalue weighted by atomic mass is 10.1. The predicted octanol–water partition coefficient (Wildman–Crippen LogP) is 2.90. The van der Waals surface area contributed by atoms with E-state index < -0.39 is 0 Å². The molecular formula is C20H17N7O2. The molecule has 0 aliphatic heterocycles. The number of hydroxylamine groups is 2. The zero-order chi connectivity index (χ0) is 20.4. The molecule has 2 aromatic heterocycles. The van der Waals surface area contributed by atoms with Gasteiger partial charge in [0, 0.05) is 28.5 Å². The molecule has 29 heavy (non-hydrogen) atoms. The SMILES string of the molecule is N=C(NO)c1ccc(-c2cccc(-c3nc4cc(C(=N)NO)ccc4[nH]3)c2)nc1. The van der Waals surface area contributed by atoms with E-state index in [-0.39, 0.29) is 11.7 Å². The maximum absolute atomic E-state index is 8.91. The van der Waals surface area contributed by atoms with Crippen LogP contribution in [0.4, 0.5) is 0 Å². The highest BCUT2D eigenvalue weighted by Gasteiger charge is 2.10. The van der Waals surface area contributed by atoms with Crippen molar-refractivity contribution in [2.75, 3.05) is 0 Å². The lowest BCUT2D eigenvalue weighted by molar-refractivity contribution is 0.234. The van der Waals surface area contributed by atoms with Crippen LogP contribution in [0, 0.1) is 10.8 Å². The molecule has 0 radical (unpaired) electrons. The third-order valence-corrected chi connectivity index (χ3v) is 4.48. The van der Waals surface area contributed by atoms with Crippen molar-refractivity contribution in [2.45, 2.75) is 0 Å². The van der Waals surface area contributed by atoms with Crippen molar-refractivity contribution < 1.29 is 10.4 Å². The van der Waals surface area contributed by atoms with E-state index in [2.05, 4.69) is 15.0 Å². The molecule has 0 saturated heterocycles. The fraction of sp³-hybridized carbons (Fsp3) is 0. The number of nitrogens with one attached hydrogen (secondary N) is 5. The van der Waals surface area contributed by atoms with Gasteiger partial charge in [-0.25, -0.2) is 4.98 Å². The van der Waals surface area contributed by atoms with Gasteiger partial charge >= 0.3 is 0 Å². The third kappa shape index (κ3) is 3.55. The summed E-state index contributed by atoms with van der Waals surface area (Å²) in [7, 11) is 0. The van der Waals surface area contributed by atoms with Gasteiger partial charge in [0.15, 0.2) is 5.84 Å². The number of hydrogen-bond donors (Lipinski definition) is 7. The first kappa shape index (κ1) is 18.3. The number of imidazole rings is 1. The van der Waals surface area contributed by atoms with E-state index in [0.29, 0.717) is 22.5 Å². The Kier molecular flexibility index (Phi) is 4.73. The summed E-state index contributed by atoms with van der Waals surface area (Å²) in [5, 5.41) is 33.0. The zero-order valence-electron chi connectivity index (χ0n) is 15.1. The number of benzene rings is 2. The quantitative estimate of drug-likeness (QED) is 0.162. The molecule has 7 N–H and O–H groups in total. The Hall–Kier alpha value is -4.08. The number of H-pyrrole nitrogens is 1. The number of fused-ring (bicyclic) bond motifs is 1. The van der Waals surface area contributed by atoms with Gasteiger partial charge in [-0.3, -0.25) is 37.2 Å². The van der Waals surface area contributed by atoms with Crippen molar-refractivity contribution in [3.63, 3.8) is 0 Å². The van der Waals surface area contributed by atoms with E-state index in [9.17, 15) is 0 Å². The molecule has 2 heterocycles. The molecule has 0 fully saturated rings. The molecule has 0 unspecified atom stereocenters. The van der Waals surface area contributed by atoms with Gasteiger partial charge < -0.3 is 4.98 Å². The van der Waals surface area contributed by atoms with Gasteiger partial charge in [0.25, 0.3) is 0 Å². The molecular weight excluding hydrogens is 370 g/mol. The monoisotopic (exact) mass is 387 g/mol. The largest absolute Gasteiger partial charge is 0.338 e. The first-order valence-electron chi connectivity index (χ1n) is 8.63. The van der Waals surface area contributed by atoms with E-state index in [1.54, 1.807) is 35.8 Å². The second-order valence-corrected chi connectivity index (χ2v) is 6.30. The molecule has 9 heteroatoms. The molecule has 0 spiro atoms. The highest BCUT2D eigenvalue weighted by Crippen LogP contribution is 2.26. The van der Waals surface area contributed by atoms with Crippen LogP contribution in [0.15, 0.2) is 60.8 Å². The molecule has 4 rings (SSSR count). The van der Waals surface area contributed by atoms with Crippen LogP contribution >= 0.6 is 0 Å². The minimum atomic E-state index is -0.121. The molecule has 9 nitrogen and oxygen atoms in total. The number of amidine groups is 2. The van der Waals surface area contributed by atoms with Gasteiger partial charge in [-0.15, -0.1) is 0 Å². The Morgan fingerprint density at radius 1 is 0.862 bits per heavy atom. The number of aromatic nitrogens is 3. The summed E-state index contributed by atoms with van der Waals surface area (Å²) < 4.78 is 0. The van der Waals surface area contributed by atoms with E-state index in [0.717, 1.165) is 22.3 Å². The number of aromatic amines is 1. The first-order chi connectivity index (χ1) is 14.1. The van der Waals surface area contributed by atoms with Crippen LogP contribution in [0.2, 0.25) is 0 Å². The first-order valence-corrected chi connectivity index (χ1v) is 8.63. The molecule has 2 aromatic carbocycles. The van der Waals surface area contributed by atoms with Crippen molar-refractivity contribution in [1.82, 2.24) is 25.9 Å². The van der Waals surface area contributed by atoms with E-state index in [4.69, 9.17) is 21.2 Å². The molecule has 0 saturated carbocycles. The normalized spacial score (nSPS) is 10.7. The van der Waals surface area contributed by atoms with Crippen LogP contribution in [0.3, 0.4) is 0 Å². The van der Waals surface area contributed by atoms with Crippen molar-refractivity contribution in [2.24, 2.45) is 0 Å². The number of hydrogen-bond acceptors (Lipinski definition) is 6. The Morgan fingerprint density at radius 2 is 1.59 bits per heavy atom. The topological polar surface area (TPSA) is 154 Å². The Bertz CT molecular complexity index is 1220. The van der Waals surface area contributed by atoms with E-state index in [1.807, 2.05) is 29.7 Å².